The van der Waals surface area contributed by atoms with E-state index >= 15 is 0 Å². The zero-order valence-electron chi connectivity index (χ0n) is 18.9. The highest BCUT2D eigenvalue weighted by Gasteiger charge is 2.27. The Balaban J connectivity index is 1.84. The maximum absolute atomic E-state index is 12.7. The van der Waals surface area contributed by atoms with Crippen molar-refractivity contribution in [3.63, 3.8) is 0 Å². The van der Waals surface area contributed by atoms with Gasteiger partial charge in [-0.25, -0.2) is 0 Å². The van der Waals surface area contributed by atoms with Crippen molar-refractivity contribution in [2.75, 3.05) is 46.0 Å². The Bertz CT molecular complexity index is 749. The Labute approximate surface area is 189 Å². The number of carbonyl (C=O) groups excluding carboxylic acids is 2. The molecule has 0 saturated carbocycles. The molecule has 32 heavy (non-hydrogen) atoms. The van der Waals surface area contributed by atoms with Crippen molar-refractivity contribution in [2.24, 2.45) is 11.7 Å². The number of hydrogen-bond donors (Lipinski definition) is 6. The standard InChI is InChI=1S/C22H36N6O4/c1-15(2)19(22(31)25-7-8-28-9-11-32-12-10-28)27-21(30)18(14-29)26-13-16-3-5-17(6-4-16)20(23)24/h3-6,15,18-19,26,29H,7-14H2,1-2H3,(H3,23,24)(H,25,31)(H,27,30). The Morgan fingerprint density at radius 1 is 1.19 bits per heavy atom. The molecule has 10 nitrogen and oxygen atoms in total. The summed E-state index contributed by atoms with van der Waals surface area (Å²) in [7, 11) is 0. The van der Waals surface area contributed by atoms with Gasteiger partial charge in [-0.05, 0) is 11.5 Å². The van der Waals surface area contributed by atoms with E-state index in [9.17, 15) is 14.7 Å². The topological polar surface area (TPSA) is 153 Å². The van der Waals surface area contributed by atoms with Crippen LogP contribution < -0.4 is 21.7 Å². The smallest absolute Gasteiger partial charge is 0.242 e. The lowest BCUT2D eigenvalue weighted by Crippen LogP contribution is -2.56. The van der Waals surface area contributed by atoms with E-state index in [4.69, 9.17) is 15.9 Å². The molecule has 0 aromatic heterocycles. The number of rotatable bonds is 12. The van der Waals surface area contributed by atoms with Crippen LogP contribution in [-0.4, -0.2) is 85.7 Å². The summed E-state index contributed by atoms with van der Waals surface area (Å²) in [5.41, 5.74) is 6.94. The summed E-state index contributed by atoms with van der Waals surface area (Å²) in [5, 5.41) is 25.8. The first-order chi connectivity index (χ1) is 15.3. The highest BCUT2D eigenvalue weighted by atomic mass is 16.5. The quantitative estimate of drug-likeness (QED) is 0.177. The molecular formula is C22H36N6O4. The van der Waals surface area contributed by atoms with Crippen LogP contribution in [0, 0.1) is 11.3 Å². The number of nitrogens with two attached hydrogens (primary N) is 1. The Morgan fingerprint density at radius 3 is 2.41 bits per heavy atom. The van der Waals surface area contributed by atoms with E-state index < -0.39 is 24.6 Å². The molecule has 1 aliphatic rings. The van der Waals surface area contributed by atoms with Crippen molar-refractivity contribution in [1.29, 1.82) is 5.41 Å². The fraction of sp³-hybridized carbons (Fsp3) is 0.591. The summed E-state index contributed by atoms with van der Waals surface area (Å²) in [6.07, 6.45) is 0. The lowest BCUT2D eigenvalue weighted by Gasteiger charge is -2.28. The SMILES string of the molecule is CC(C)C(NC(=O)C(CO)NCc1ccc(C(=N)N)cc1)C(=O)NCCN1CCOCC1. The molecule has 2 amide bonds. The first-order valence-electron chi connectivity index (χ1n) is 11.0. The molecule has 1 heterocycles. The number of nitrogen functional groups attached to an aromatic ring is 1. The normalized spacial score (nSPS) is 16.4. The van der Waals surface area contributed by atoms with Gasteiger partial charge in [-0.3, -0.25) is 25.2 Å². The van der Waals surface area contributed by atoms with Gasteiger partial charge in [0.05, 0.1) is 19.8 Å². The van der Waals surface area contributed by atoms with Crippen molar-refractivity contribution in [3.8, 4) is 0 Å². The van der Waals surface area contributed by atoms with E-state index in [-0.39, 0.29) is 17.7 Å². The number of morpholine rings is 1. The summed E-state index contributed by atoms with van der Waals surface area (Å²) in [6.45, 7) is 8.00. The Morgan fingerprint density at radius 2 is 1.84 bits per heavy atom. The number of aliphatic hydroxyl groups excluding tert-OH is 1. The Hall–Kier alpha value is -2.53. The van der Waals surface area contributed by atoms with Gasteiger partial charge in [0.2, 0.25) is 11.8 Å². The second kappa shape index (κ2) is 13.1. The van der Waals surface area contributed by atoms with Crippen LogP contribution in [0.4, 0.5) is 0 Å². The molecule has 2 rings (SSSR count). The van der Waals surface area contributed by atoms with Gasteiger partial charge in [-0.15, -0.1) is 0 Å². The molecule has 10 heteroatoms. The minimum Gasteiger partial charge on any atom is -0.394 e. The third-order valence-electron chi connectivity index (χ3n) is 5.39. The fourth-order valence-corrected chi connectivity index (χ4v) is 3.34. The molecule has 7 N–H and O–H groups in total. The number of nitrogens with one attached hydrogen (secondary N) is 4. The van der Waals surface area contributed by atoms with Crippen LogP contribution in [0.2, 0.25) is 0 Å². The minimum atomic E-state index is -0.857. The molecule has 1 aliphatic heterocycles. The van der Waals surface area contributed by atoms with E-state index in [1.807, 2.05) is 13.8 Å². The molecule has 1 saturated heterocycles. The van der Waals surface area contributed by atoms with Crippen LogP contribution in [-0.2, 0) is 20.9 Å². The number of carbonyl (C=O) groups is 2. The summed E-state index contributed by atoms with van der Waals surface area (Å²) >= 11 is 0. The molecule has 0 radical (unpaired) electrons. The molecule has 178 valence electrons. The molecule has 0 bridgehead atoms. The van der Waals surface area contributed by atoms with Crippen molar-refractivity contribution in [2.45, 2.75) is 32.5 Å². The second-order valence-electron chi connectivity index (χ2n) is 8.20. The second-order valence-corrected chi connectivity index (χ2v) is 8.20. The molecule has 2 atom stereocenters. The lowest BCUT2D eigenvalue weighted by atomic mass is 10.0. The van der Waals surface area contributed by atoms with Crippen LogP contribution in [0.25, 0.3) is 0 Å². The zero-order chi connectivity index (χ0) is 23.5. The van der Waals surface area contributed by atoms with Crippen LogP contribution in [0.3, 0.4) is 0 Å². The highest BCUT2D eigenvalue weighted by Crippen LogP contribution is 2.06. The predicted octanol–water partition coefficient (Wildman–Crippen LogP) is -0.990. The summed E-state index contributed by atoms with van der Waals surface area (Å²) in [5.74, 6) is -0.797. The van der Waals surface area contributed by atoms with Gasteiger partial charge in [-0.2, -0.15) is 0 Å². The van der Waals surface area contributed by atoms with Crippen LogP contribution in [0.5, 0.6) is 0 Å². The Kier molecular flexibility index (Phi) is 10.5. The van der Waals surface area contributed by atoms with Gasteiger partial charge in [0.15, 0.2) is 0 Å². The molecule has 1 aromatic rings. The van der Waals surface area contributed by atoms with E-state index in [0.29, 0.717) is 31.9 Å². The average molecular weight is 449 g/mol. The fourth-order valence-electron chi connectivity index (χ4n) is 3.34. The van der Waals surface area contributed by atoms with E-state index in [0.717, 1.165) is 25.2 Å². The van der Waals surface area contributed by atoms with Gasteiger partial charge >= 0.3 is 0 Å². The first-order valence-corrected chi connectivity index (χ1v) is 11.0. The predicted molar refractivity (Wildman–Crippen MR) is 122 cm³/mol. The number of benzene rings is 1. The average Bonchev–Trinajstić information content (AvgIpc) is 2.78. The van der Waals surface area contributed by atoms with Gasteiger partial charge < -0.3 is 26.2 Å². The van der Waals surface area contributed by atoms with Crippen LogP contribution >= 0.6 is 0 Å². The van der Waals surface area contributed by atoms with E-state index in [1.54, 1.807) is 24.3 Å². The number of amidine groups is 1. The van der Waals surface area contributed by atoms with Crippen molar-refractivity contribution in [3.05, 3.63) is 35.4 Å². The largest absolute Gasteiger partial charge is 0.394 e. The molecular weight excluding hydrogens is 412 g/mol. The van der Waals surface area contributed by atoms with Gasteiger partial charge in [0.1, 0.15) is 17.9 Å². The number of nitrogens with zero attached hydrogens (tertiary/aromatic N) is 1. The monoisotopic (exact) mass is 448 g/mol. The lowest BCUT2D eigenvalue weighted by molar-refractivity contribution is -0.131. The minimum absolute atomic E-state index is 0.0138. The third kappa shape index (κ3) is 8.19. The number of amides is 2. The third-order valence-corrected chi connectivity index (χ3v) is 5.39. The molecule has 1 fully saturated rings. The maximum Gasteiger partial charge on any atom is 0.242 e. The summed E-state index contributed by atoms with van der Waals surface area (Å²) in [6, 6.07) is 5.50. The van der Waals surface area contributed by atoms with Gasteiger partial charge in [0, 0.05) is 38.3 Å². The van der Waals surface area contributed by atoms with E-state index in [2.05, 4.69) is 20.9 Å². The summed E-state index contributed by atoms with van der Waals surface area (Å²) < 4.78 is 5.32. The first kappa shape index (κ1) is 25.7. The van der Waals surface area contributed by atoms with Crippen molar-refractivity contribution < 1.29 is 19.4 Å². The maximum atomic E-state index is 12.7. The van der Waals surface area contributed by atoms with E-state index in [1.165, 1.54) is 0 Å². The number of hydrogen-bond acceptors (Lipinski definition) is 7. The van der Waals surface area contributed by atoms with Crippen LogP contribution in [0.15, 0.2) is 24.3 Å². The number of ether oxygens (including phenoxy) is 1. The van der Waals surface area contributed by atoms with Crippen molar-refractivity contribution in [1.82, 2.24) is 20.9 Å². The molecule has 2 unspecified atom stereocenters. The number of aliphatic hydroxyl groups is 1. The summed E-state index contributed by atoms with van der Waals surface area (Å²) in [4.78, 5) is 27.6. The van der Waals surface area contributed by atoms with Crippen molar-refractivity contribution >= 4 is 17.6 Å². The molecule has 0 aliphatic carbocycles. The highest BCUT2D eigenvalue weighted by molar-refractivity contribution is 5.94. The van der Waals surface area contributed by atoms with Gasteiger partial charge in [-0.1, -0.05) is 38.1 Å². The molecule has 1 aromatic carbocycles. The zero-order valence-corrected chi connectivity index (χ0v) is 18.9. The molecule has 0 spiro atoms. The van der Waals surface area contributed by atoms with Crippen LogP contribution in [0.1, 0.15) is 25.0 Å². The van der Waals surface area contributed by atoms with Gasteiger partial charge in [0.25, 0.3) is 0 Å².